The van der Waals surface area contributed by atoms with Crippen LogP contribution in [0.1, 0.15) is 73.9 Å². The summed E-state index contributed by atoms with van der Waals surface area (Å²) in [6, 6.07) is 51.4. The van der Waals surface area contributed by atoms with E-state index in [1.807, 2.05) is 0 Å². The Balaban J connectivity index is 1.16. The lowest BCUT2D eigenvalue weighted by molar-refractivity contribution is 0.664. The number of fused-ring (bicyclic) bond motifs is 7. The summed E-state index contributed by atoms with van der Waals surface area (Å²) in [5, 5.41) is 2.56. The van der Waals surface area contributed by atoms with Crippen LogP contribution in [0.15, 0.2) is 174 Å². The number of benzene rings is 6. The molecule has 0 fully saturated rings. The van der Waals surface area contributed by atoms with Gasteiger partial charge in [0, 0.05) is 38.9 Å². The Hall–Kier alpha value is -6.25. The fourth-order valence-electron chi connectivity index (χ4n) is 9.39. The zero-order valence-electron chi connectivity index (χ0n) is 32.0. The fraction of sp³-hybridized carbons (Fsp3) is 0.151. The third-order valence-electron chi connectivity index (χ3n) is 12.4. The first-order valence-corrected chi connectivity index (χ1v) is 19.7. The molecule has 0 spiro atoms. The van der Waals surface area contributed by atoms with Crippen molar-refractivity contribution in [1.29, 1.82) is 0 Å². The number of aromatic nitrogens is 1. The van der Waals surface area contributed by atoms with Gasteiger partial charge in [-0.25, -0.2) is 4.99 Å². The standard InChI is InChI=1S/C53H44N2/c1-34-35(2)51(54-48(33-46(34)38-18-9-6-10-19-38)39-28-26-37(27-29-39)36-16-7-5-8-17-36)40-20-15-21-41(32-40)55-49-25-14-12-23-43(49)45-31-30-44-42-22-11-13-24-47(42)53(3,4)50(44)52(45)55/h6-7,9-34H,5,8H2,1-4H3. The van der Waals surface area contributed by atoms with Crippen LogP contribution in [0, 0.1) is 5.92 Å². The quantitative estimate of drug-likeness (QED) is 0.169. The fourth-order valence-corrected chi connectivity index (χ4v) is 9.39. The van der Waals surface area contributed by atoms with E-state index in [-0.39, 0.29) is 11.3 Å². The SMILES string of the molecule is CC1=C(c2cccc(-n3c4ccccc4c4ccc5c(c43)C(C)(C)c3ccccc3-5)c2)N=C(c2ccc(C3=CCCC=C3)cc2)C=C(c2ccccc2)C1C. The maximum absolute atomic E-state index is 5.60. The molecule has 1 aliphatic heterocycles. The van der Waals surface area contributed by atoms with Crippen LogP contribution >= 0.6 is 0 Å². The second kappa shape index (κ2) is 13.0. The molecule has 1 aromatic heterocycles. The molecule has 2 aliphatic carbocycles. The first-order chi connectivity index (χ1) is 26.9. The van der Waals surface area contributed by atoms with Crippen LogP contribution in [0.3, 0.4) is 0 Å². The van der Waals surface area contributed by atoms with Crippen LogP contribution < -0.4 is 0 Å². The van der Waals surface area contributed by atoms with Crippen LogP contribution in [0.2, 0.25) is 0 Å². The van der Waals surface area contributed by atoms with Crippen LogP contribution in [0.25, 0.3) is 55.5 Å². The molecule has 0 bridgehead atoms. The van der Waals surface area contributed by atoms with Crippen molar-refractivity contribution in [2.24, 2.45) is 10.9 Å². The molecule has 0 radical (unpaired) electrons. The average molecular weight is 709 g/mol. The maximum Gasteiger partial charge on any atom is 0.0712 e. The van der Waals surface area contributed by atoms with Gasteiger partial charge in [-0.2, -0.15) is 0 Å². The van der Waals surface area contributed by atoms with Gasteiger partial charge in [0.15, 0.2) is 0 Å². The number of nitrogens with zero attached hydrogens (tertiary/aromatic N) is 2. The van der Waals surface area contributed by atoms with Crippen LogP contribution in [0.4, 0.5) is 0 Å². The second-order valence-electron chi connectivity index (χ2n) is 15.9. The predicted molar refractivity (Wildman–Crippen MR) is 234 cm³/mol. The molecule has 6 aromatic carbocycles. The molecule has 55 heavy (non-hydrogen) atoms. The normalized spacial score (nSPS) is 17.5. The van der Waals surface area contributed by atoms with Gasteiger partial charge in [-0.05, 0) is 94.1 Å². The number of para-hydroxylation sites is 1. The molecule has 1 atom stereocenters. The molecule has 3 aliphatic rings. The minimum absolute atomic E-state index is 0.150. The smallest absolute Gasteiger partial charge is 0.0712 e. The van der Waals surface area contributed by atoms with Crippen molar-refractivity contribution in [1.82, 2.24) is 4.57 Å². The molecular formula is C53H44N2. The minimum atomic E-state index is -0.150. The van der Waals surface area contributed by atoms with E-state index in [1.54, 1.807) is 0 Å². The van der Waals surface area contributed by atoms with Gasteiger partial charge in [-0.3, -0.25) is 0 Å². The van der Waals surface area contributed by atoms with E-state index in [2.05, 4.69) is 196 Å². The summed E-state index contributed by atoms with van der Waals surface area (Å²) < 4.78 is 2.52. The molecule has 0 amide bonds. The highest BCUT2D eigenvalue weighted by Gasteiger charge is 2.38. The summed E-state index contributed by atoms with van der Waals surface area (Å²) in [5.74, 6) is 0.162. The Kier molecular flexibility index (Phi) is 7.85. The van der Waals surface area contributed by atoms with Gasteiger partial charge >= 0.3 is 0 Å². The summed E-state index contributed by atoms with van der Waals surface area (Å²) >= 11 is 0. The Morgan fingerprint density at radius 1 is 0.655 bits per heavy atom. The Morgan fingerprint density at radius 3 is 2.22 bits per heavy atom. The van der Waals surface area contributed by atoms with Crippen molar-refractivity contribution >= 4 is 44.4 Å². The number of hydrogen-bond acceptors (Lipinski definition) is 1. The van der Waals surface area contributed by atoms with Gasteiger partial charge in [-0.1, -0.05) is 160 Å². The molecule has 2 heterocycles. The van der Waals surface area contributed by atoms with Crippen molar-refractivity contribution in [3.63, 3.8) is 0 Å². The second-order valence-corrected chi connectivity index (χ2v) is 15.9. The summed E-state index contributed by atoms with van der Waals surface area (Å²) in [6.07, 6.45) is 11.4. The first-order valence-electron chi connectivity index (χ1n) is 19.7. The monoisotopic (exact) mass is 708 g/mol. The van der Waals surface area contributed by atoms with Gasteiger partial charge in [-0.15, -0.1) is 0 Å². The van der Waals surface area contributed by atoms with E-state index in [0.717, 1.165) is 41.1 Å². The molecule has 0 saturated heterocycles. The highest BCUT2D eigenvalue weighted by atomic mass is 15.0. The van der Waals surface area contributed by atoms with E-state index in [4.69, 9.17) is 4.99 Å². The minimum Gasteiger partial charge on any atom is -0.309 e. The Morgan fingerprint density at radius 2 is 1.40 bits per heavy atom. The highest BCUT2D eigenvalue weighted by molar-refractivity contribution is 6.16. The molecular weight excluding hydrogens is 665 g/mol. The molecule has 0 N–H and O–H groups in total. The lowest BCUT2D eigenvalue weighted by atomic mass is 9.81. The lowest BCUT2D eigenvalue weighted by Crippen LogP contribution is -2.16. The highest BCUT2D eigenvalue weighted by Crippen LogP contribution is 2.53. The van der Waals surface area contributed by atoms with Crippen molar-refractivity contribution in [2.75, 3.05) is 0 Å². The third-order valence-corrected chi connectivity index (χ3v) is 12.4. The third kappa shape index (κ3) is 5.34. The van der Waals surface area contributed by atoms with Gasteiger partial charge in [0.25, 0.3) is 0 Å². The predicted octanol–water partition coefficient (Wildman–Crippen LogP) is 13.8. The van der Waals surface area contributed by atoms with Gasteiger partial charge in [0.05, 0.1) is 22.4 Å². The molecule has 2 nitrogen and oxygen atoms in total. The summed E-state index contributed by atoms with van der Waals surface area (Å²) in [6.45, 7) is 9.38. The average Bonchev–Trinajstić information content (AvgIpc) is 3.64. The Bertz CT molecular complexity index is 2830. The Labute approximate surface area is 324 Å². The van der Waals surface area contributed by atoms with Crippen LogP contribution in [0.5, 0.6) is 0 Å². The number of hydrogen-bond donors (Lipinski definition) is 0. The van der Waals surface area contributed by atoms with E-state index in [0.29, 0.717) is 0 Å². The molecule has 266 valence electrons. The van der Waals surface area contributed by atoms with Gasteiger partial charge < -0.3 is 4.57 Å². The molecule has 1 unspecified atom stereocenters. The van der Waals surface area contributed by atoms with E-state index in [1.165, 1.54) is 71.9 Å². The van der Waals surface area contributed by atoms with E-state index >= 15 is 0 Å². The summed E-state index contributed by atoms with van der Waals surface area (Å²) in [4.78, 5) is 5.60. The van der Waals surface area contributed by atoms with Crippen LogP contribution in [-0.2, 0) is 5.41 Å². The number of allylic oxidation sites excluding steroid dienone is 7. The van der Waals surface area contributed by atoms with Gasteiger partial charge in [0.2, 0.25) is 0 Å². The number of aliphatic imine (C=N–C) groups is 1. The maximum atomic E-state index is 5.60. The first kappa shape index (κ1) is 33.3. The van der Waals surface area contributed by atoms with Crippen molar-refractivity contribution < 1.29 is 0 Å². The largest absolute Gasteiger partial charge is 0.309 e. The lowest BCUT2D eigenvalue weighted by Gasteiger charge is -2.24. The molecule has 7 aromatic rings. The van der Waals surface area contributed by atoms with Gasteiger partial charge in [0.1, 0.15) is 0 Å². The van der Waals surface area contributed by atoms with Crippen molar-refractivity contribution in [3.8, 4) is 16.8 Å². The summed E-state index contributed by atoms with van der Waals surface area (Å²) in [5.41, 5.74) is 19.5. The van der Waals surface area contributed by atoms with Crippen molar-refractivity contribution in [2.45, 2.75) is 46.0 Å². The van der Waals surface area contributed by atoms with E-state index in [9.17, 15) is 0 Å². The topological polar surface area (TPSA) is 17.3 Å². The zero-order chi connectivity index (χ0) is 37.3. The summed E-state index contributed by atoms with van der Waals surface area (Å²) in [7, 11) is 0. The molecule has 0 saturated carbocycles. The van der Waals surface area contributed by atoms with Crippen LogP contribution in [-0.4, -0.2) is 10.3 Å². The molecule has 2 heteroatoms. The molecule has 10 rings (SSSR count). The zero-order valence-corrected chi connectivity index (χ0v) is 32.0. The van der Waals surface area contributed by atoms with E-state index < -0.39 is 0 Å². The number of rotatable bonds is 5. The van der Waals surface area contributed by atoms with Crippen molar-refractivity contribution in [3.05, 3.63) is 203 Å².